The fraction of sp³-hybridized carbons (Fsp3) is 0.174. The van der Waals surface area contributed by atoms with Crippen molar-refractivity contribution >= 4 is 11.6 Å². The predicted molar refractivity (Wildman–Crippen MR) is 114 cm³/mol. The van der Waals surface area contributed by atoms with Crippen LogP contribution >= 0.6 is 0 Å². The number of carbonyl (C=O) groups excluding carboxylic acids is 1. The first-order valence-corrected chi connectivity index (χ1v) is 9.73. The first kappa shape index (κ1) is 21.2. The van der Waals surface area contributed by atoms with Gasteiger partial charge in [0.1, 0.15) is 11.3 Å². The molecule has 0 unspecified atom stereocenters. The second-order valence-electron chi connectivity index (χ2n) is 6.90. The number of aromatic nitrogens is 3. The topological polar surface area (TPSA) is 77.8 Å². The Bertz CT molecular complexity index is 1260. The summed E-state index contributed by atoms with van der Waals surface area (Å²) in [6.07, 6.45) is -1.54. The van der Waals surface area contributed by atoms with Crippen molar-refractivity contribution in [2.24, 2.45) is 0 Å². The summed E-state index contributed by atoms with van der Waals surface area (Å²) in [6, 6.07) is 15.5. The molecule has 0 spiro atoms. The minimum Gasteiger partial charge on any atom is -0.493 e. The standard InChI is InChI=1S/C23H20F2N4O3/c1-31-19-9-8-14(10-20(19)32-2)12-26-23(30)16-13-27-29-18(21(24)25)11-17(28-22(16)29)15-6-4-3-5-7-15/h3-11,13,21H,12H2,1-2H3,(H,26,30). The van der Waals surface area contributed by atoms with Crippen LogP contribution in [-0.2, 0) is 6.54 Å². The maximum atomic E-state index is 13.7. The number of methoxy groups -OCH3 is 2. The predicted octanol–water partition coefficient (Wildman–Crippen LogP) is 4.28. The van der Waals surface area contributed by atoms with Crippen LogP contribution in [0.4, 0.5) is 8.78 Å². The highest BCUT2D eigenvalue weighted by Crippen LogP contribution is 2.28. The van der Waals surface area contributed by atoms with E-state index in [-0.39, 0.29) is 23.4 Å². The van der Waals surface area contributed by atoms with E-state index < -0.39 is 12.3 Å². The number of nitrogens with one attached hydrogen (secondary N) is 1. The van der Waals surface area contributed by atoms with E-state index in [1.165, 1.54) is 26.5 Å². The van der Waals surface area contributed by atoms with Gasteiger partial charge in [-0.15, -0.1) is 0 Å². The van der Waals surface area contributed by atoms with Crippen LogP contribution in [0.5, 0.6) is 11.5 Å². The molecule has 2 aromatic carbocycles. The smallest absolute Gasteiger partial charge is 0.280 e. The van der Waals surface area contributed by atoms with Crippen LogP contribution < -0.4 is 14.8 Å². The zero-order chi connectivity index (χ0) is 22.7. The second kappa shape index (κ2) is 9.01. The van der Waals surface area contributed by atoms with Gasteiger partial charge < -0.3 is 14.8 Å². The highest BCUT2D eigenvalue weighted by atomic mass is 19.3. The molecule has 9 heteroatoms. The Morgan fingerprint density at radius 1 is 1.06 bits per heavy atom. The summed E-state index contributed by atoms with van der Waals surface area (Å²) in [7, 11) is 3.06. The van der Waals surface area contributed by atoms with Crippen molar-refractivity contribution in [2.45, 2.75) is 13.0 Å². The largest absolute Gasteiger partial charge is 0.493 e. The van der Waals surface area contributed by atoms with Crippen molar-refractivity contribution in [3.05, 3.63) is 77.6 Å². The van der Waals surface area contributed by atoms with Crippen LogP contribution in [0.15, 0.2) is 60.8 Å². The minimum atomic E-state index is -2.79. The zero-order valence-electron chi connectivity index (χ0n) is 17.4. The lowest BCUT2D eigenvalue weighted by Gasteiger charge is -2.10. The summed E-state index contributed by atoms with van der Waals surface area (Å²) in [5.74, 6) is 0.626. The van der Waals surface area contributed by atoms with Gasteiger partial charge in [-0.3, -0.25) is 4.79 Å². The van der Waals surface area contributed by atoms with Crippen LogP contribution in [0.1, 0.15) is 28.0 Å². The molecule has 0 aliphatic carbocycles. The van der Waals surface area contributed by atoms with Crippen molar-refractivity contribution in [1.82, 2.24) is 19.9 Å². The van der Waals surface area contributed by atoms with E-state index in [0.29, 0.717) is 22.8 Å². The number of benzene rings is 2. The zero-order valence-corrected chi connectivity index (χ0v) is 17.4. The van der Waals surface area contributed by atoms with E-state index in [1.807, 2.05) is 6.07 Å². The summed E-state index contributed by atoms with van der Waals surface area (Å²) in [6.45, 7) is 0.191. The molecule has 2 aromatic heterocycles. The molecule has 0 saturated heterocycles. The lowest BCUT2D eigenvalue weighted by Crippen LogP contribution is -2.23. The number of alkyl halides is 2. The molecule has 7 nitrogen and oxygen atoms in total. The van der Waals surface area contributed by atoms with Crippen molar-refractivity contribution in [3.63, 3.8) is 0 Å². The lowest BCUT2D eigenvalue weighted by molar-refractivity contribution is 0.0952. The highest BCUT2D eigenvalue weighted by Gasteiger charge is 2.21. The van der Waals surface area contributed by atoms with Gasteiger partial charge in [0, 0.05) is 12.1 Å². The Kier molecular flexibility index (Phi) is 5.98. The Hall–Kier alpha value is -4.01. The summed E-state index contributed by atoms with van der Waals surface area (Å²) in [4.78, 5) is 17.3. The van der Waals surface area contributed by atoms with Gasteiger partial charge in [0.05, 0.1) is 26.1 Å². The van der Waals surface area contributed by atoms with E-state index in [2.05, 4.69) is 15.4 Å². The van der Waals surface area contributed by atoms with E-state index in [1.54, 1.807) is 42.5 Å². The first-order chi connectivity index (χ1) is 15.5. The maximum absolute atomic E-state index is 13.7. The molecule has 32 heavy (non-hydrogen) atoms. The highest BCUT2D eigenvalue weighted by molar-refractivity contribution is 5.99. The molecule has 0 aliphatic rings. The van der Waals surface area contributed by atoms with Crippen molar-refractivity contribution in [1.29, 1.82) is 0 Å². The number of carbonyl (C=O) groups is 1. The van der Waals surface area contributed by atoms with Crippen LogP contribution in [-0.4, -0.2) is 34.7 Å². The van der Waals surface area contributed by atoms with Gasteiger partial charge >= 0.3 is 0 Å². The average Bonchev–Trinajstić information content (AvgIpc) is 3.26. The van der Waals surface area contributed by atoms with E-state index in [4.69, 9.17) is 9.47 Å². The number of nitrogens with zero attached hydrogens (tertiary/aromatic N) is 3. The van der Waals surface area contributed by atoms with E-state index >= 15 is 0 Å². The number of amides is 1. The Morgan fingerprint density at radius 3 is 2.50 bits per heavy atom. The Balaban J connectivity index is 1.65. The third-order valence-corrected chi connectivity index (χ3v) is 4.94. The lowest BCUT2D eigenvalue weighted by atomic mass is 10.1. The van der Waals surface area contributed by atoms with Gasteiger partial charge in [0.15, 0.2) is 17.1 Å². The van der Waals surface area contributed by atoms with Crippen LogP contribution in [0.25, 0.3) is 16.9 Å². The van der Waals surface area contributed by atoms with Crippen molar-refractivity contribution < 1.29 is 23.0 Å². The SMILES string of the molecule is COc1ccc(CNC(=O)c2cnn3c(C(F)F)cc(-c4ccccc4)nc23)cc1OC. The molecule has 2 heterocycles. The van der Waals surface area contributed by atoms with Gasteiger partial charge in [-0.2, -0.15) is 5.10 Å². The summed E-state index contributed by atoms with van der Waals surface area (Å²) in [5.41, 5.74) is 1.60. The fourth-order valence-corrected chi connectivity index (χ4v) is 3.33. The van der Waals surface area contributed by atoms with E-state index in [9.17, 15) is 13.6 Å². The Morgan fingerprint density at radius 2 is 1.81 bits per heavy atom. The number of fused-ring (bicyclic) bond motifs is 1. The third kappa shape index (κ3) is 4.09. The van der Waals surface area contributed by atoms with Gasteiger partial charge in [0.25, 0.3) is 12.3 Å². The van der Waals surface area contributed by atoms with Gasteiger partial charge in [0.2, 0.25) is 0 Å². The molecule has 4 aromatic rings. The summed E-state index contributed by atoms with van der Waals surface area (Å²) < 4.78 is 38.9. The molecule has 0 fully saturated rings. The maximum Gasteiger partial charge on any atom is 0.280 e. The molecule has 0 saturated carbocycles. The summed E-state index contributed by atoms with van der Waals surface area (Å²) in [5, 5.41) is 6.75. The number of rotatable bonds is 7. The van der Waals surface area contributed by atoms with Crippen molar-refractivity contribution in [3.8, 4) is 22.8 Å². The first-order valence-electron chi connectivity index (χ1n) is 9.73. The van der Waals surface area contributed by atoms with Crippen molar-refractivity contribution in [2.75, 3.05) is 14.2 Å². The number of hydrogen-bond donors (Lipinski definition) is 1. The fourth-order valence-electron chi connectivity index (χ4n) is 3.33. The van der Waals surface area contributed by atoms with Crippen LogP contribution in [0.2, 0.25) is 0 Å². The molecule has 0 aliphatic heterocycles. The van der Waals surface area contributed by atoms with Crippen LogP contribution in [0, 0.1) is 0 Å². The molecule has 1 amide bonds. The summed E-state index contributed by atoms with van der Waals surface area (Å²) >= 11 is 0. The van der Waals surface area contributed by atoms with Crippen LogP contribution in [0.3, 0.4) is 0 Å². The quantitative estimate of drug-likeness (QED) is 0.466. The Labute approximate surface area is 182 Å². The number of ether oxygens (including phenoxy) is 2. The van der Waals surface area contributed by atoms with Gasteiger partial charge in [-0.05, 0) is 23.8 Å². The van der Waals surface area contributed by atoms with E-state index in [0.717, 1.165) is 10.1 Å². The monoisotopic (exact) mass is 438 g/mol. The molecule has 1 N–H and O–H groups in total. The average molecular weight is 438 g/mol. The van der Waals surface area contributed by atoms with Gasteiger partial charge in [-0.25, -0.2) is 18.3 Å². The molecule has 0 atom stereocenters. The molecule has 164 valence electrons. The molecule has 4 rings (SSSR count). The minimum absolute atomic E-state index is 0.0615. The van der Waals surface area contributed by atoms with Gasteiger partial charge in [-0.1, -0.05) is 36.4 Å². The normalized spacial score (nSPS) is 11.0. The molecular formula is C23H20F2N4O3. The molecule has 0 radical (unpaired) electrons. The third-order valence-electron chi connectivity index (χ3n) is 4.94. The number of halogens is 2. The molecular weight excluding hydrogens is 418 g/mol. The number of hydrogen-bond acceptors (Lipinski definition) is 5. The molecule has 0 bridgehead atoms. The second-order valence-corrected chi connectivity index (χ2v) is 6.90.